The van der Waals surface area contributed by atoms with Crippen molar-refractivity contribution in [2.45, 2.75) is 90.9 Å². The lowest BCUT2D eigenvalue weighted by Gasteiger charge is -2.20. The minimum Gasteiger partial charge on any atom is -0.497 e. The fourth-order valence-electron chi connectivity index (χ4n) is 5.69. The van der Waals surface area contributed by atoms with E-state index in [4.69, 9.17) is 19.4 Å². The average molecular weight is 644 g/mol. The Morgan fingerprint density at radius 1 is 0.957 bits per heavy atom. The van der Waals surface area contributed by atoms with Crippen LogP contribution in [0.15, 0.2) is 53.9 Å². The molecule has 1 aliphatic heterocycles. The Hall–Kier alpha value is -3.91. The molecular weight excluding hydrogens is 595 g/mol. The van der Waals surface area contributed by atoms with E-state index >= 15 is 0 Å². The maximum Gasteiger partial charge on any atom is 0.303 e. The Balaban J connectivity index is 0.000000310. The summed E-state index contributed by atoms with van der Waals surface area (Å²) in [7, 11) is 3.34. The second kappa shape index (κ2) is 16.1. The summed E-state index contributed by atoms with van der Waals surface area (Å²) in [6.45, 7) is 11.7. The molecule has 4 aromatic rings. The molecule has 0 aliphatic carbocycles. The molecule has 0 radical (unpaired) electrons. The number of anilines is 1. The topological polar surface area (TPSA) is 93.6 Å². The lowest BCUT2D eigenvalue weighted by molar-refractivity contribution is -0.137. The summed E-state index contributed by atoms with van der Waals surface area (Å²) in [6.07, 6.45) is 5.77. The van der Waals surface area contributed by atoms with Crippen LogP contribution in [0.25, 0.3) is 0 Å². The van der Waals surface area contributed by atoms with Crippen LogP contribution >= 0.6 is 11.3 Å². The van der Waals surface area contributed by atoms with E-state index in [-0.39, 0.29) is 17.8 Å². The number of methoxy groups -OCH3 is 2. The Kier molecular flexibility index (Phi) is 12.2. The summed E-state index contributed by atoms with van der Waals surface area (Å²) in [4.78, 5) is 21.1. The van der Waals surface area contributed by atoms with Crippen molar-refractivity contribution in [2.75, 3.05) is 26.1 Å². The van der Waals surface area contributed by atoms with Gasteiger partial charge in [-0.15, -0.1) is 11.3 Å². The van der Waals surface area contributed by atoms with Crippen molar-refractivity contribution in [1.29, 1.82) is 0 Å². The number of nitrogens with one attached hydrogen (secondary N) is 1. The predicted molar refractivity (Wildman–Crippen MR) is 188 cm³/mol. The molecular formula is C38H49N3O4S. The summed E-state index contributed by atoms with van der Waals surface area (Å²) in [5.74, 6) is 1.81. The van der Waals surface area contributed by atoms with E-state index < -0.39 is 5.97 Å². The van der Waals surface area contributed by atoms with E-state index in [2.05, 4.69) is 68.7 Å². The summed E-state index contributed by atoms with van der Waals surface area (Å²) < 4.78 is 10.6. The maximum atomic E-state index is 11.5. The molecule has 8 heteroatoms. The molecule has 2 N–H and O–H groups in total. The molecule has 0 saturated heterocycles. The monoisotopic (exact) mass is 643 g/mol. The van der Waals surface area contributed by atoms with E-state index in [0.29, 0.717) is 6.42 Å². The largest absolute Gasteiger partial charge is 0.497 e. The number of hydrogen-bond donors (Lipinski definition) is 2. The van der Waals surface area contributed by atoms with Crippen molar-refractivity contribution < 1.29 is 19.4 Å². The van der Waals surface area contributed by atoms with Gasteiger partial charge in [0.1, 0.15) is 17.3 Å². The van der Waals surface area contributed by atoms with Gasteiger partial charge >= 0.3 is 5.97 Å². The number of benzene rings is 2. The molecule has 1 unspecified atom stereocenters. The molecule has 46 heavy (non-hydrogen) atoms. The highest BCUT2D eigenvalue weighted by molar-refractivity contribution is 7.09. The van der Waals surface area contributed by atoms with E-state index in [1.165, 1.54) is 23.1 Å². The van der Waals surface area contributed by atoms with Crippen LogP contribution in [0.3, 0.4) is 0 Å². The van der Waals surface area contributed by atoms with Crippen LogP contribution in [0.2, 0.25) is 0 Å². The number of aliphatic carboxylic acids is 1. The normalized spacial score (nSPS) is 13.1. The van der Waals surface area contributed by atoms with E-state index in [9.17, 15) is 9.90 Å². The highest BCUT2D eigenvalue weighted by Gasteiger charge is 2.20. The fraction of sp³-hybridized carbons (Fsp3) is 0.447. The molecule has 5 rings (SSSR count). The number of fused-ring (bicyclic) bond motifs is 1. The molecule has 2 aromatic heterocycles. The van der Waals surface area contributed by atoms with Crippen LogP contribution in [-0.2, 0) is 35.9 Å². The van der Waals surface area contributed by atoms with Crippen LogP contribution in [0.4, 0.5) is 5.82 Å². The van der Waals surface area contributed by atoms with Gasteiger partial charge in [-0.05, 0) is 116 Å². The van der Waals surface area contributed by atoms with Crippen molar-refractivity contribution in [3.63, 3.8) is 0 Å². The van der Waals surface area contributed by atoms with E-state index in [1.807, 2.05) is 25.1 Å². The van der Waals surface area contributed by atoms with Gasteiger partial charge < -0.3 is 19.9 Å². The zero-order valence-corrected chi connectivity index (χ0v) is 29.2. The van der Waals surface area contributed by atoms with Crippen LogP contribution in [-0.4, -0.2) is 41.8 Å². The number of carbonyl (C=O) groups is 1. The quantitative estimate of drug-likeness (QED) is 0.169. The second-order valence-electron chi connectivity index (χ2n) is 13.2. The third-order valence-electron chi connectivity index (χ3n) is 8.18. The third kappa shape index (κ3) is 10.3. The SMILES string of the molecule is COc1cc(C)cc(C(C)(C)C)c1.COc1cc(C)cc(C(CC(=O)O)Cc2csc(CCCc3ccc4c(n3)NCCC4)n2)c1. The molecule has 0 amide bonds. The van der Waals surface area contributed by atoms with Gasteiger partial charge in [-0.25, -0.2) is 9.97 Å². The summed E-state index contributed by atoms with van der Waals surface area (Å²) in [5.41, 5.74) is 8.21. The molecule has 0 saturated carbocycles. The smallest absolute Gasteiger partial charge is 0.303 e. The lowest BCUT2D eigenvalue weighted by atomic mass is 9.86. The molecule has 2 aromatic carbocycles. The van der Waals surface area contributed by atoms with Gasteiger partial charge in [0.25, 0.3) is 0 Å². The Labute approximate surface area is 278 Å². The van der Waals surface area contributed by atoms with Crippen molar-refractivity contribution in [3.05, 3.63) is 98.1 Å². The number of ether oxygens (including phenoxy) is 2. The van der Waals surface area contributed by atoms with Gasteiger partial charge in [-0.1, -0.05) is 39.0 Å². The van der Waals surface area contributed by atoms with E-state index in [0.717, 1.165) is 77.1 Å². The van der Waals surface area contributed by atoms with Crippen LogP contribution in [0, 0.1) is 13.8 Å². The van der Waals surface area contributed by atoms with Crippen LogP contribution in [0.1, 0.15) is 90.2 Å². The van der Waals surface area contributed by atoms with Crippen LogP contribution in [0.5, 0.6) is 11.5 Å². The number of rotatable bonds is 11. The number of carboxylic acids is 1. The van der Waals surface area contributed by atoms with Gasteiger partial charge in [0, 0.05) is 23.5 Å². The van der Waals surface area contributed by atoms with Crippen molar-refractivity contribution in [2.24, 2.45) is 0 Å². The Morgan fingerprint density at radius 3 is 2.37 bits per heavy atom. The van der Waals surface area contributed by atoms with E-state index in [1.54, 1.807) is 25.6 Å². The van der Waals surface area contributed by atoms with Gasteiger partial charge in [0.15, 0.2) is 0 Å². The number of carboxylic acid groups (broad SMARTS) is 1. The second-order valence-corrected chi connectivity index (χ2v) is 14.1. The molecule has 1 atom stereocenters. The average Bonchev–Trinajstić information content (AvgIpc) is 3.46. The van der Waals surface area contributed by atoms with Gasteiger partial charge in [-0.2, -0.15) is 0 Å². The summed E-state index contributed by atoms with van der Waals surface area (Å²) >= 11 is 1.66. The minimum atomic E-state index is -0.803. The molecule has 0 fully saturated rings. The van der Waals surface area contributed by atoms with Crippen LogP contribution < -0.4 is 14.8 Å². The number of thiazole rings is 1. The number of aromatic nitrogens is 2. The minimum absolute atomic E-state index is 0.0670. The number of pyridine rings is 1. The Morgan fingerprint density at radius 2 is 1.67 bits per heavy atom. The fourth-order valence-corrected chi connectivity index (χ4v) is 6.54. The maximum absolute atomic E-state index is 11.5. The zero-order chi connectivity index (χ0) is 33.3. The standard InChI is InChI=1S/C26H31N3O3S.C12H18O/c1-17-11-19(14-23(12-17)32-2)20(15-25(30)31)13-22-16-33-24(28-22)7-3-6-21-9-8-18-5-4-10-27-26(18)29-21;1-9-6-10(12(2,3)4)8-11(7-9)13-5/h8-9,11-12,14,16,20H,3-7,10,13,15H2,1-2H3,(H,27,29)(H,30,31);6-8H,1-5H3. The first-order valence-electron chi connectivity index (χ1n) is 16.1. The summed E-state index contributed by atoms with van der Waals surface area (Å²) in [5, 5.41) is 16.0. The first-order valence-corrected chi connectivity index (χ1v) is 17.0. The first-order chi connectivity index (χ1) is 21.9. The lowest BCUT2D eigenvalue weighted by Crippen LogP contribution is -2.14. The summed E-state index contributed by atoms with van der Waals surface area (Å²) in [6, 6.07) is 16.7. The van der Waals surface area contributed by atoms with Crippen molar-refractivity contribution in [3.8, 4) is 11.5 Å². The molecule has 7 nitrogen and oxygen atoms in total. The number of nitrogens with zero attached hydrogens (tertiary/aromatic N) is 2. The van der Waals surface area contributed by atoms with Gasteiger partial charge in [0.05, 0.1) is 31.3 Å². The van der Waals surface area contributed by atoms with Crippen molar-refractivity contribution in [1.82, 2.24) is 9.97 Å². The molecule has 0 spiro atoms. The third-order valence-corrected chi connectivity index (χ3v) is 9.14. The van der Waals surface area contributed by atoms with Crippen molar-refractivity contribution >= 4 is 23.1 Å². The molecule has 0 bridgehead atoms. The highest BCUT2D eigenvalue weighted by atomic mass is 32.1. The number of aryl methyl sites for hydroxylation is 5. The first kappa shape index (κ1) is 35.0. The van der Waals surface area contributed by atoms with Gasteiger partial charge in [-0.3, -0.25) is 4.79 Å². The highest BCUT2D eigenvalue weighted by Crippen LogP contribution is 2.30. The molecule has 1 aliphatic rings. The predicted octanol–water partition coefficient (Wildman–Crippen LogP) is 8.49. The zero-order valence-electron chi connectivity index (χ0n) is 28.4. The van der Waals surface area contributed by atoms with Gasteiger partial charge in [0.2, 0.25) is 0 Å². The number of hydrogen-bond acceptors (Lipinski definition) is 7. The molecule has 246 valence electrons. The molecule has 3 heterocycles. The Bertz CT molecular complexity index is 1610.